The standard InChI is InChI=1S/C29H33N3O2/c1-21-7-11-23(12-8-21)15-27(28(33)32-17-29(18-32)19-34-20-29)31-26-6-4-3-5-25(26)30-16-24-13-9-22(2)10-14-24/h3-14,27,30-31H,15-20H2,1-2H3. The van der Waals surface area contributed by atoms with Gasteiger partial charge in [-0.2, -0.15) is 0 Å². The molecular formula is C29H33N3O2. The second kappa shape index (κ2) is 9.51. The summed E-state index contributed by atoms with van der Waals surface area (Å²) in [5.41, 5.74) is 7.01. The van der Waals surface area contributed by atoms with E-state index in [0.29, 0.717) is 6.42 Å². The van der Waals surface area contributed by atoms with Crippen LogP contribution in [0, 0.1) is 19.3 Å². The molecule has 5 heteroatoms. The topological polar surface area (TPSA) is 53.6 Å². The maximum atomic E-state index is 13.6. The Labute approximate surface area is 202 Å². The average molecular weight is 456 g/mol. The van der Waals surface area contributed by atoms with Gasteiger partial charge < -0.3 is 20.3 Å². The van der Waals surface area contributed by atoms with Gasteiger partial charge in [0.1, 0.15) is 6.04 Å². The number of carbonyl (C=O) groups excluding carboxylic acids is 1. The van der Waals surface area contributed by atoms with Gasteiger partial charge >= 0.3 is 0 Å². The summed E-state index contributed by atoms with van der Waals surface area (Å²) < 4.78 is 5.39. The number of rotatable bonds is 8. The lowest BCUT2D eigenvalue weighted by Gasteiger charge is -2.55. The third-order valence-electron chi connectivity index (χ3n) is 6.90. The Morgan fingerprint density at radius 3 is 2.06 bits per heavy atom. The highest BCUT2D eigenvalue weighted by atomic mass is 16.5. The maximum absolute atomic E-state index is 13.6. The Hall–Kier alpha value is -3.31. The highest BCUT2D eigenvalue weighted by Crippen LogP contribution is 2.38. The number of carbonyl (C=O) groups is 1. The summed E-state index contributed by atoms with van der Waals surface area (Å²) in [4.78, 5) is 15.5. The van der Waals surface area contributed by atoms with E-state index in [1.54, 1.807) is 0 Å². The summed E-state index contributed by atoms with van der Waals surface area (Å²) in [5, 5.41) is 7.13. The monoisotopic (exact) mass is 455 g/mol. The quantitative estimate of drug-likeness (QED) is 0.512. The zero-order valence-electron chi connectivity index (χ0n) is 20.0. The van der Waals surface area contributed by atoms with Crippen LogP contribution in [0.15, 0.2) is 72.8 Å². The van der Waals surface area contributed by atoms with Gasteiger partial charge in [0.05, 0.1) is 30.0 Å². The Kier molecular flexibility index (Phi) is 6.29. The van der Waals surface area contributed by atoms with Crippen molar-refractivity contribution >= 4 is 17.3 Å². The molecule has 2 aliphatic heterocycles. The molecule has 1 unspecified atom stereocenters. The Balaban J connectivity index is 1.32. The first-order valence-corrected chi connectivity index (χ1v) is 12.1. The molecule has 0 aromatic heterocycles. The highest BCUT2D eigenvalue weighted by molar-refractivity contribution is 5.87. The van der Waals surface area contributed by atoms with Crippen LogP contribution >= 0.6 is 0 Å². The Morgan fingerprint density at radius 1 is 0.882 bits per heavy atom. The van der Waals surface area contributed by atoms with E-state index in [2.05, 4.69) is 79.1 Å². The van der Waals surface area contributed by atoms with Crippen LogP contribution in [0.5, 0.6) is 0 Å². The molecule has 0 aliphatic carbocycles. The van der Waals surface area contributed by atoms with Gasteiger partial charge in [-0.05, 0) is 37.1 Å². The number of hydrogen-bond acceptors (Lipinski definition) is 4. The molecule has 1 amide bonds. The van der Waals surface area contributed by atoms with Gasteiger partial charge in [0.15, 0.2) is 0 Å². The van der Waals surface area contributed by atoms with Crippen LogP contribution in [0.1, 0.15) is 22.3 Å². The summed E-state index contributed by atoms with van der Waals surface area (Å²) in [6.07, 6.45) is 0.644. The molecule has 0 saturated carbocycles. The fourth-order valence-corrected chi connectivity index (χ4v) is 4.73. The van der Waals surface area contributed by atoms with Crippen LogP contribution < -0.4 is 10.6 Å². The van der Waals surface area contributed by atoms with Crippen molar-refractivity contribution < 1.29 is 9.53 Å². The molecule has 3 aromatic carbocycles. The van der Waals surface area contributed by atoms with Gasteiger partial charge in [-0.3, -0.25) is 4.79 Å². The molecule has 2 aliphatic rings. The van der Waals surface area contributed by atoms with E-state index in [9.17, 15) is 4.79 Å². The summed E-state index contributed by atoms with van der Waals surface area (Å²) in [6.45, 7) is 8.05. The number of likely N-dealkylation sites (tertiary alicyclic amines) is 1. The lowest BCUT2D eigenvalue weighted by atomic mass is 9.77. The van der Waals surface area contributed by atoms with Crippen LogP contribution in [0.2, 0.25) is 0 Å². The second-order valence-corrected chi connectivity index (χ2v) is 9.96. The first-order chi connectivity index (χ1) is 16.5. The SMILES string of the molecule is Cc1ccc(CNc2ccccc2NC(Cc2ccc(C)cc2)C(=O)N2CC3(COC3)C2)cc1. The lowest BCUT2D eigenvalue weighted by Crippen LogP contribution is -2.68. The smallest absolute Gasteiger partial charge is 0.245 e. The van der Waals surface area contributed by atoms with Crippen molar-refractivity contribution in [1.82, 2.24) is 4.90 Å². The van der Waals surface area contributed by atoms with E-state index in [0.717, 1.165) is 49.8 Å². The van der Waals surface area contributed by atoms with Gasteiger partial charge in [-0.25, -0.2) is 0 Å². The molecule has 0 radical (unpaired) electrons. The lowest BCUT2D eigenvalue weighted by molar-refractivity contribution is -0.195. The van der Waals surface area contributed by atoms with Crippen LogP contribution in [0.4, 0.5) is 11.4 Å². The summed E-state index contributed by atoms with van der Waals surface area (Å²) in [6, 6.07) is 24.8. The predicted octanol–water partition coefficient (Wildman–Crippen LogP) is 4.80. The van der Waals surface area contributed by atoms with Gasteiger partial charge in [0.2, 0.25) is 5.91 Å². The van der Waals surface area contributed by atoms with Crippen molar-refractivity contribution in [2.75, 3.05) is 36.9 Å². The Bertz CT molecular complexity index is 1130. The number of para-hydroxylation sites is 2. The third kappa shape index (κ3) is 4.95. The van der Waals surface area contributed by atoms with E-state index in [-0.39, 0.29) is 17.4 Å². The molecule has 2 heterocycles. The summed E-state index contributed by atoms with van der Waals surface area (Å²) in [7, 11) is 0. The molecule has 1 spiro atoms. The number of amides is 1. The third-order valence-corrected chi connectivity index (χ3v) is 6.90. The van der Waals surface area contributed by atoms with Gasteiger partial charge in [-0.1, -0.05) is 71.8 Å². The fourth-order valence-electron chi connectivity index (χ4n) is 4.73. The van der Waals surface area contributed by atoms with Crippen molar-refractivity contribution in [3.63, 3.8) is 0 Å². The summed E-state index contributed by atoms with van der Waals surface area (Å²) >= 11 is 0. The fraction of sp³-hybridized carbons (Fsp3) is 0.345. The average Bonchev–Trinajstić information content (AvgIpc) is 2.78. The number of nitrogens with zero attached hydrogens (tertiary/aromatic N) is 1. The molecular weight excluding hydrogens is 422 g/mol. The number of hydrogen-bond donors (Lipinski definition) is 2. The van der Waals surface area contributed by atoms with Gasteiger partial charge in [0, 0.05) is 26.1 Å². The van der Waals surface area contributed by atoms with E-state index in [4.69, 9.17) is 4.74 Å². The normalized spacial score (nSPS) is 16.9. The number of ether oxygens (including phenoxy) is 1. The summed E-state index contributed by atoms with van der Waals surface area (Å²) in [5.74, 6) is 0.159. The molecule has 2 fully saturated rings. The molecule has 34 heavy (non-hydrogen) atoms. The molecule has 2 saturated heterocycles. The second-order valence-electron chi connectivity index (χ2n) is 9.96. The minimum absolute atomic E-state index is 0.159. The Morgan fingerprint density at radius 2 is 1.47 bits per heavy atom. The van der Waals surface area contributed by atoms with Crippen molar-refractivity contribution in [3.05, 3.63) is 95.1 Å². The number of benzene rings is 3. The molecule has 3 aromatic rings. The van der Waals surface area contributed by atoms with Crippen LogP contribution in [-0.2, 0) is 22.5 Å². The van der Waals surface area contributed by atoms with Gasteiger partial charge in [-0.15, -0.1) is 0 Å². The number of nitrogens with one attached hydrogen (secondary N) is 2. The molecule has 2 N–H and O–H groups in total. The number of anilines is 2. The van der Waals surface area contributed by atoms with E-state index in [1.165, 1.54) is 16.7 Å². The highest BCUT2D eigenvalue weighted by Gasteiger charge is 2.51. The first-order valence-electron chi connectivity index (χ1n) is 12.1. The minimum atomic E-state index is -0.330. The van der Waals surface area contributed by atoms with Crippen molar-refractivity contribution in [3.8, 4) is 0 Å². The molecule has 5 rings (SSSR count). The molecule has 1 atom stereocenters. The largest absolute Gasteiger partial charge is 0.380 e. The zero-order chi connectivity index (χ0) is 23.5. The van der Waals surface area contributed by atoms with E-state index < -0.39 is 0 Å². The van der Waals surface area contributed by atoms with E-state index >= 15 is 0 Å². The van der Waals surface area contributed by atoms with Crippen LogP contribution in [-0.4, -0.2) is 43.2 Å². The molecule has 5 nitrogen and oxygen atoms in total. The van der Waals surface area contributed by atoms with Crippen molar-refractivity contribution in [2.24, 2.45) is 5.41 Å². The maximum Gasteiger partial charge on any atom is 0.245 e. The van der Waals surface area contributed by atoms with Crippen molar-refractivity contribution in [2.45, 2.75) is 32.9 Å². The number of aryl methyl sites for hydroxylation is 2. The first kappa shape index (κ1) is 22.5. The predicted molar refractivity (Wildman–Crippen MR) is 137 cm³/mol. The van der Waals surface area contributed by atoms with Gasteiger partial charge in [0.25, 0.3) is 0 Å². The van der Waals surface area contributed by atoms with E-state index in [1.807, 2.05) is 23.1 Å². The van der Waals surface area contributed by atoms with Crippen LogP contribution in [0.25, 0.3) is 0 Å². The van der Waals surface area contributed by atoms with Crippen molar-refractivity contribution in [1.29, 1.82) is 0 Å². The zero-order valence-corrected chi connectivity index (χ0v) is 20.0. The molecule has 176 valence electrons. The minimum Gasteiger partial charge on any atom is -0.380 e. The molecule has 0 bridgehead atoms. The van der Waals surface area contributed by atoms with Crippen LogP contribution in [0.3, 0.4) is 0 Å².